The van der Waals surface area contributed by atoms with Gasteiger partial charge in [-0.2, -0.15) is 0 Å². The lowest BCUT2D eigenvalue weighted by molar-refractivity contribution is -0.136. The number of carbonyl (C=O) groups is 4. The Bertz CT molecular complexity index is 1060. The molecule has 2 atom stereocenters. The quantitative estimate of drug-likeness (QED) is 0.574. The molecular formula is C22H22O8. The van der Waals surface area contributed by atoms with Crippen molar-refractivity contribution in [3.8, 4) is 0 Å². The first-order valence-corrected chi connectivity index (χ1v) is 9.34. The Hall–Kier alpha value is -3.42. The first-order valence-electron chi connectivity index (χ1n) is 9.34. The van der Waals surface area contributed by atoms with Crippen LogP contribution in [-0.4, -0.2) is 44.3 Å². The van der Waals surface area contributed by atoms with E-state index in [-0.39, 0.29) is 28.0 Å². The van der Waals surface area contributed by atoms with Gasteiger partial charge in [0, 0.05) is 5.41 Å². The molecule has 0 saturated heterocycles. The summed E-state index contributed by atoms with van der Waals surface area (Å²) in [6.45, 7) is 5.69. The molecule has 1 aromatic rings. The number of carboxylic acids is 4. The van der Waals surface area contributed by atoms with E-state index in [0.29, 0.717) is 24.0 Å². The zero-order chi connectivity index (χ0) is 22.6. The van der Waals surface area contributed by atoms with Crippen molar-refractivity contribution < 1.29 is 39.6 Å². The van der Waals surface area contributed by atoms with Gasteiger partial charge in [-0.25, -0.2) is 19.2 Å². The van der Waals surface area contributed by atoms with E-state index in [1.54, 1.807) is 6.92 Å². The van der Waals surface area contributed by atoms with Gasteiger partial charge in [0.1, 0.15) is 0 Å². The number of aliphatic carboxylic acids is 2. The molecule has 158 valence electrons. The molecule has 2 unspecified atom stereocenters. The van der Waals surface area contributed by atoms with E-state index in [4.69, 9.17) is 0 Å². The average Bonchev–Trinajstić information content (AvgIpc) is 2.86. The maximum atomic E-state index is 12.1. The van der Waals surface area contributed by atoms with Crippen LogP contribution in [0.25, 0.3) is 0 Å². The highest BCUT2D eigenvalue weighted by Crippen LogP contribution is 2.61. The predicted octanol–water partition coefficient (Wildman–Crippen LogP) is 3.18. The fourth-order valence-corrected chi connectivity index (χ4v) is 5.21. The Morgan fingerprint density at radius 2 is 1.47 bits per heavy atom. The highest BCUT2D eigenvalue weighted by molar-refractivity contribution is 6.07. The number of rotatable bonds is 5. The molecule has 1 saturated carbocycles. The van der Waals surface area contributed by atoms with Crippen LogP contribution in [0.15, 0.2) is 41.0 Å². The first kappa shape index (κ1) is 21.3. The number of hydrogen-bond donors (Lipinski definition) is 4. The molecule has 0 radical (unpaired) electrons. The fraction of sp³-hybridized carbons (Fsp3) is 0.364. The largest absolute Gasteiger partial charge is 0.478 e. The van der Waals surface area contributed by atoms with Crippen molar-refractivity contribution in [2.24, 2.45) is 11.3 Å². The van der Waals surface area contributed by atoms with E-state index < -0.39 is 34.9 Å². The molecule has 4 N–H and O–H groups in total. The van der Waals surface area contributed by atoms with Gasteiger partial charge in [0.15, 0.2) is 0 Å². The fourth-order valence-electron chi connectivity index (χ4n) is 5.21. The molecule has 30 heavy (non-hydrogen) atoms. The molecule has 0 heterocycles. The number of allylic oxidation sites excluding steroid dienone is 2. The van der Waals surface area contributed by atoms with Crippen LogP contribution < -0.4 is 0 Å². The zero-order valence-corrected chi connectivity index (χ0v) is 16.7. The summed E-state index contributed by atoms with van der Waals surface area (Å²) in [6, 6.07) is 3.94. The normalized spacial score (nSPS) is 24.8. The summed E-state index contributed by atoms with van der Waals surface area (Å²) in [6.07, 6.45) is 2.24. The molecule has 0 aromatic heterocycles. The van der Waals surface area contributed by atoms with Crippen LogP contribution in [0.5, 0.6) is 0 Å². The maximum Gasteiger partial charge on any atom is 0.336 e. The molecular weight excluding hydrogens is 392 g/mol. The second-order valence-corrected chi connectivity index (χ2v) is 8.67. The van der Waals surface area contributed by atoms with Crippen molar-refractivity contribution in [3.63, 3.8) is 0 Å². The molecule has 3 rings (SSSR count). The highest BCUT2D eigenvalue weighted by atomic mass is 16.4. The maximum absolute atomic E-state index is 12.1. The lowest BCUT2D eigenvalue weighted by Crippen LogP contribution is -2.29. The number of benzene rings is 1. The standard InChI is InChI=1S/C22H22O8/c1-21(2)9-22(3,10-4-5-11(17(23)24)13(8-10)19(27)28)16-14(21)7-6-12(18(25)26)15(16)20(29)30/h4-6,8,14H,7,9H2,1-3H3,(H,23,24)(H,25,26)(H,27,28)(H,29,30). The minimum Gasteiger partial charge on any atom is -0.478 e. The zero-order valence-electron chi connectivity index (χ0n) is 16.7. The Balaban J connectivity index is 2.34. The van der Waals surface area contributed by atoms with E-state index in [1.807, 2.05) is 13.8 Å². The number of carboxylic acid groups (broad SMARTS) is 4. The van der Waals surface area contributed by atoms with Crippen molar-refractivity contribution in [2.45, 2.75) is 39.0 Å². The van der Waals surface area contributed by atoms with Crippen molar-refractivity contribution >= 4 is 23.9 Å². The van der Waals surface area contributed by atoms with E-state index >= 15 is 0 Å². The number of fused-ring (bicyclic) bond motifs is 1. The molecule has 2 aliphatic rings. The predicted molar refractivity (Wildman–Crippen MR) is 105 cm³/mol. The number of aromatic carboxylic acids is 2. The second-order valence-electron chi connectivity index (χ2n) is 8.67. The monoisotopic (exact) mass is 414 g/mol. The summed E-state index contributed by atoms with van der Waals surface area (Å²) in [5, 5.41) is 38.2. The van der Waals surface area contributed by atoms with E-state index in [0.717, 1.165) is 0 Å². The molecule has 0 spiro atoms. The van der Waals surface area contributed by atoms with Crippen molar-refractivity contribution in [1.82, 2.24) is 0 Å². The SMILES string of the molecule is CC1(c2ccc(C(=O)O)c(C(=O)O)c2)CC(C)(C)C2CC=C(C(=O)O)C(C(=O)O)=C21. The van der Waals surface area contributed by atoms with Crippen LogP contribution in [-0.2, 0) is 15.0 Å². The van der Waals surface area contributed by atoms with Crippen LogP contribution in [0.3, 0.4) is 0 Å². The molecule has 1 fully saturated rings. The van der Waals surface area contributed by atoms with Crippen LogP contribution in [0, 0.1) is 11.3 Å². The summed E-state index contributed by atoms with van der Waals surface area (Å²) < 4.78 is 0. The lowest BCUT2D eigenvalue weighted by Gasteiger charge is -2.33. The van der Waals surface area contributed by atoms with Gasteiger partial charge in [0.2, 0.25) is 0 Å². The minimum atomic E-state index is -1.41. The summed E-state index contributed by atoms with van der Waals surface area (Å²) in [7, 11) is 0. The second kappa shape index (κ2) is 6.83. The molecule has 8 nitrogen and oxygen atoms in total. The summed E-state index contributed by atoms with van der Waals surface area (Å²) >= 11 is 0. The van der Waals surface area contributed by atoms with Gasteiger partial charge in [-0.05, 0) is 47.4 Å². The molecule has 0 aliphatic heterocycles. The van der Waals surface area contributed by atoms with Crippen LogP contribution in [0.4, 0.5) is 0 Å². The third kappa shape index (κ3) is 3.08. The summed E-state index contributed by atoms with van der Waals surface area (Å²) in [5.41, 5.74) is -1.79. The van der Waals surface area contributed by atoms with E-state index in [9.17, 15) is 39.6 Å². The van der Waals surface area contributed by atoms with Crippen molar-refractivity contribution in [2.75, 3.05) is 0 Å². The average molecular weight is 414 g/mol. The summed E-state index contributed by atoms with van der Waals surface area (Å²) in [4.78, 5) is 46.9. The molecule has 2 aliphatic carbocycles. The third-order valence-electron chi connectivity index (χ3n) is 6.35. The van der Waals surface area contributed by atoms with Gasteiger partial charge < -0.3 is 20.4 Å². The third-order valence-corrected chi connectivity index (χ3v) is 6.35. The number of hydrogen-bond acceptors (Lipinski definition) is 4. The van der Waals surface area contributed by atoms with Gasteiger partial charge in [-0.1, -0.05) is 32.9 Å². The van der Waals surface area contributed by atoms with Gasteiger partial charge in [0.25, 0.3) is 0 Å². The van der Waals surface area contributed by atoms with Gasteiger partial charge >= 0.3 is 23.9 Å². The van der Waals surface area contributed by atoms with Gasteiger partial charge in [-0.3, -0.25) is 0 Å². The van der Waals surface area contributed by atoms with Gasteiger partial charge in [-0.15, -0.1) is 0 Å². The van der Waals surface area contributed by atoms with Crippen LogP contribution in [0.2, 0.25) is 0 Å². The highest BCUT2D eigenvalue weighted by Gasteiger charge is 2.55. The first-order chi connectivity index (χ1) is 13.8. The Morgan fingerprint density at radius 1 is 0.867 bits per heavy atom. The van der Waals surface area contributed by atoms with E-state index in [1.165, 1.54) is 24.3 Å². The van der Waals surface area contributed by atoms with E-state index in [2.05, 4.69) is 0 Å². The molecule has 8 heteroatoms. The molecule has 0 bridgehead atoms. The van der Waals surface area contributed by atoms with Crippen LogP contribution in [0.1, 0.15) is 59.9 Å². The molecule has 0 amide bonds. The topological polar surface area (TPSA) is 149 Å². The van der Waals surface area contributed by atoms with Crippen LogP contribution >= 0.6 is 0 Å². The Labute approximate surface area is 172 Å². The Kier molecular flexibility index (Phi) is 4.85. The van der Waals surface area contributed by atoms with Crippen molar-refractivity contribution in [3.05, 3.63) is 57.7 Å². The molecule has 1 aromatic carbocycles. The Morgan fingerprint density at radius 3 is 1.97 bits per heavy atom. The lowest BCUT2D eigenvalue weighted by atomic mass is 9.70. The minimum absolute atomic E-state index is 0.246. The van der Waals surface area contributed by atoms with Crippen molar-refractivity contribution in [1.29, 1.82) is 0 Å². The van der Waals surface area contributed by atoms with Gasteiger partial charge in [0.05, 0.1) is 22.3 Å². The smallest absolute Gasteiger partial charge is 0.336 e. The summed E-state index contributed by atoms with van der Waals surface area (Å²) in [5.74, 6) is -5.73.